The van der Waals surface area contributed by atoms with E-state index in [0.717, 1.165) is 17.8 Å². The van der Waals surface area contributed by atoms with Gasteiger partial charge < -0.3 is 5.73 Å². The van der Waals surface area contributed by atoms with Crippen LogP contribution in [-0.4, -0.2) is 4.98 Å². The van der Waals surface area contributed by atoms with Crippen LogP contribution in [0.2, 0.25) is 0 Å². The zero-order chi connectivity index (χ0) is 14.3. The Balaban J connectivity index is 1.94. The molecule has 1 aromatic carbocycles. The summed E-state index contributed by atoms with van der Waals surface area (Å²) < 4.78 is 0. The van der Waals surface area contributed by atoms with E-state index in [4.69, 9.17) is 10.7 Å². The summed E-state index contributed by atoms with van der Waals surface area (Å²) in [6.45, 7) is 6.72. The molecule has 20 heavy (non-hydrogen) atoms. The van der Waals surface area contributed by atoms with Gasteiger partial charge in [0.15, 0.2) is 0 Å². The number of nitrogens with zero attached hydrogens (tertiary/aromatic N) is 1. The third-order valence-electron chi connectivity index (χ3n) is 3.99. The van der Waals surface area contributed by atoms with E-state index in [1.807, 2.05) is 0 Å². The SMILES string of the molecule is CC(C)(C)c1ccc(-c2nc3c(s2)C(N)CCC3)cc1. The summed E-state index contributed by atoms with van der Waals surface area (Å²) in [7, 11) is 0. The average Bonchev–Trinajstić information content (AvgIpc) is 2.83. The Labute approximate surface area is 125 Å². The average molecular weight is 286 g/mol. The molecule has 2 nitrogen and oxygen atoms in total. The second-order valence-electron chi connectivity index (χ2n) is 6.66. The van der Waals surface area contributed by atoms with E-state index < -0.39 is 0 Å². The van der Waals surface area contributed by atoms with Crippen LogP contribution in [0, 0.1) is 0 Å². The predicted molar refractivity (Wildman–Crippen MR) is 86.1 cm³/mol. The van der Waals surface area contributed by atoms with Gasteiger partial charge in [-0.05, 0) is 30.2 Å². The van der Waals surface area contributed by atoms with Crippen LogP contribution in [0.15, 0.2) is 24.3 Å². The lowest BCUT2D eigenvalue weighted by molar-refractivity contribution is 0.573. The number of benzene rings is 1. The molecule has 3 rings (SSSR count). The number of hydrogen-bond acceptors (Lipinski definition) is 3. The third kappa shape index (κ3) is 2.52. The second-order valence-corrected chi connectivity index (χ2v) is 7.69. The van der Waals surface area contributed by atoms with Gasteiger partial charge in [0.25, 0.3) is 0 Å². The van der Waals surface area contributed by atoms with Crippen molar-refractivity contribution in [3.8, 4) is 10.6 Å². The summed E-state index contributed by atoms with van der Waals surface area (Å²) in [5, 5.41) is 1.12. The Bertz CT molecular complexity index is 605. The highest BCUT2D eigenvalue weighted by atomic mass is 32.1. The lowest BCUT2D eigenvalue weighted by Gasteiger charge is -2.18. The van der Waals surface area contributed by atoms with Gasteiger partial charge in [-0.3, -0.25) is 0 Å². The Kier molecular flexibility index (Phi) is 3.43. The molecule has 2 aromatic rings. The molecule has 0 aliphatic heterocycles. The van der Waals surface area contributed by atoms with Crippen molar-refractivity contribution < 1.29 is 0 Å². The molecule has 1 aliphatic carbocycles. The lowest BCUT2D eigenvalue weighted by Crippen LogP contribution is -2.15. The standard InChI is InChI=1S/C17H22N2S/c1-17(2,3)12-9-7-11(8-10-12)16-19-14-6-4-5-13(18)15(14)20-16/h7-10,13H,4-6,18H2,1-3H3. The van der Waals surface area contributed by atoms with Gasteiger partial charge in [0.1, 0.15) is 5.01 Å². The number of aromatic nitrogens is 1. The Morgan fingerprint density at radius 1 is 1.20 bits per heavy atom. The largest absolute Gasteiger partial charge is 0.323 e. The highest BCUT2D eigenvalue weighted by molar-refractivity contribution is 7.15. The van der Waals surface area contributed by atoms with E-state index >= 15 is 0 Å². The summed E-state index contributed by atoms with van der Waals surface area (Å²) >= 11 is 1.77. The fourth-order valence-corrected chi connectivity index (χ4v) is 3.84. The van der Waals surface area contributed by atoms with Gasteiger partial charge in [0.05, 0.1) is 5.69 Å². The first kappa shape index (κ1) is 13.8. The molecule has 0 spiro atoms. The first-order valence-electron chi connectivity index (χ1n) is 7.31. The van der Waals surface area contributed by atoms with Gasteiger partial charge >= 0.3 is 0 Å². The summed E-state index contributed by atoms with van der Waals surface area (Å²) in [4.78, 5) is 6.10. The number of thiazole rings is 1. The minimum Gasteiger partial charge on any atom is -0.323 e. The van der Waals surface area contributed by atoms with Crippen molar-refractivity contribution >= 4 is 11.3 Å². The second kappa shape index (κ2) is 4.97. The van der Waals surface area contributed by atoms with E-state index in [1.165, 1.54) is 28.1 Å². The maximum absolute atomic E-state index is 6.19. The molecule has 1 heterocycles. The van der Waals surface area contributed by atoms with Crippen molar-refractivity contribution in [2.24, 2.45) is 5.73 Å². The van der Waals surface area contributed by atoms with Crippen molar-refractivity contribution in [1.82, 2.24) is 4.98 Å². The number of aryl methyl sites for hydroxylation is 1. The fourth-order valence-electron chi connectivity index (χ4n) is 2.69. The molecular weight excluding hydrogens is 264 g/mol. The summed E-state index contributed by atoms with van der Waals surface area (Å²) in [6, 6.07) is 9.01. The molecule has 3 heteroatoms. The normalized spacial score (nSPS) is 18.9. The van der Waals surface area contributed by atoms with Gasteiger partial charge in [-0.15, -0.1) is 11.3 Å². The van der Waals surface area contributed by atoms with Gasteiger partial charge in [-0.25, -0.2) is 4.98 Å². The number of rotatable bonds is 1. The van der Waals surface area contributed by atoms with Crippen molar-refractivity contribution in [3.63, 3.8) is 0 Å². The van der Waals surface area contributed by atoms with E-state index in [-0.39, 0.29) is 11.5 Å². The van der Waals surface area contributed by atoms with E-state index in [1.54, 1.807) is 11.3 Å². The molecule has 0 saturated carbocycles. The summed E-state index contributed by atoms with van der Waals surface area (Å²) in [6.07, 6.45) is 3.34. The van der Waals surface area contributed by atoms with Crippen molar-refractivity contribution in [2.75, 3.05) is 0 Å². The molecule has 1 unspecified atom stereocenters. The first-order valence-corrected chi connectivity index (χ1v) is 8.13. The molecular formula is C17H22N2S. The summed E-state index contributed by atoms with van der Waals surface area (Å²) in [5.41, 5.74) is 10.2. The van der Waals surface area contributed by atoms with E-state index in [0.29, 0.717) is 0 Å². The number of hydrogen-bond donors (Lipinski definition) is 1. The zero-order valence-corrected chi connectivity index (χ0v) is 13.3. The van der Waals surface area contributed by atoms with Crippen LogP contribution in [-0.2, 0) is 11.8 Å². The van der Waals surface area contributed by atoms with Crippen LogP contribution in [0.4, 0.5) is 0 Å². The molecule has 0 saturated heterocycles. The Morgan fingerprint density at radius 2 is 1.90 bits per heavy atom. The van der Waals surface area contributed by atoms with Crippen molar-refractivity contribution in [2.45, 2.75) is 51.5 Å². The molecule has 1 atom stereocenters. The van der Waals surface area contributed by atoms with Gasteiger partial charge in [-0.1, -0.05) is 45.0 Å². The molecule has 0 bridgehead atoms. The maximum Gasteiger partial charge on any atom is 0.123 e. The number of fused-ring (bicyclic) bond motifs is 1. The highest BCUT2D eigenvalue weighted by Crippen LogP contribution is 2.37. The van der Waals surface area contributed by atoms with Crippen LogP contribution < -0.4 is 5.73 Å². The number of nitrogens with two attached hydrogens (primary N) is 1. The molecule has 0 amide bonds. The van der Waals surface area contributed by atoms with Crippen molar-refractivity contribution in [1.29, 1.82) is 0 Å². The first-order chi connectivity index (χ1) is 9.45. The molecule has 2 N–H and O–H groups in total. The van der Waals surface area contributed by atoms with Crippen LogP contribution >= 0.6 is 11.3 Å². The zero-order valence-electron chi connectivity index (χ0n) is 12.4. The Morgan fingerprint density at radius 3 is 2.50 bits per heavy atom. The maximum atomic E-state index is 6.19. The molecule has 106 valence electrons. The minimum absolute atomic E-state index is 0.193. The van der Waals surface area contributed by atoms with Gasteiger partial charge in [0.2, 0.25) is 0 Å². The molecule has 0 fully saturated rings. The van der Waals surface area contributed by atoms with Crippen LogP contribution in [0.3, 0.4) is 0 Å². The van der Waals surface area contributed by atoms with Crippen molar-refractivity contribution in [3.05, 3.63) is 40.4 Å². The van der Waals surface area contributed by atoms with Gasteiger partial charge in [0, 0.05) is 16.5 Å². The molecule has 1 aromatic heterocycles. The van der Waals surface area contributed by atoms with Crippen LogP contribution in [0.25, 0.3) is 10.6 Å². The molecule has 1 aliphatic rings. The van der Waals surface area contributed by atoms with E-state index in [2.05, 4.69) is 45.0 Å². The predicted octanol–water partition coefficient (Wildman–Crippen LogP) is 4.44. The molecule has 0 radical (unpaired) electrons. The fraction of sp³-hybridized carbons (Fsp3) is 0.471. The smallest absolute Gasteiger partial charge is 0.123 e. The van der Waals surface area contributed by atoms with Gasteiger partial charge in [-0.2, -0.15) is 0 Å². The van der Waals surface area contributed by atoms with Crippen LogP contribution in [0.1, 0.15) is 55.8 Å². The topological polar surface area (TPSA) is 38.9 Å². The minimum atomic E-state index is 0.193. The monoisotopic (exact) mass is 286 g/mol. The lowest BCUT2D eigenvalue weighted by atomic mass is 9.87. The Hall–Kier alpha value is -1.19. The quantitative estimate of drug-likeness (QED) is 0.841. The highest BCUT2D eigenvalue weighted by Gasteiger charge is 2.22. The van der Waals surface area contributed by atoms with Crippen LogP contribution in [0.5, 0.6) is 0 Å². The van der Waals surface area contributed by atoms with E-state index in [9.17, 15) is 0 Å². The third-order valence-corrected chi connectivity index (χ3v) is 5.27. The summed E-state index contributed by atoms with van der Waals surface area (Å²) in [5.74, 6) is 0.